The van der Waals surface area contributed by atoms with Crippen molar-refractivity contribution in [3.8, 4) is 0 Å². The molecule has 25 heavy (non-hydrogen) atoms. The molecular weight excluding hydrogens is 449 g/mol. The molecule has 2 N–H and O–H groups in total. The molecule has 0 radical (unpaired) electrons. The zero-order valence-electron chi connectivity index (χ0n) is 14.9. The average Bonchev–Trinajstić information content (AvgIpc) is 3.43. The Hall–Kier alpha value is -0.530. The number of benzene rings is 1. The van der Waals surface area contributed by atoms with E-state index in [1.807, 2.05) is 12.1 Å². The van der Waals surface area contributed by atoms with Crippen LogP contribution in [0.4, 0.5) is 0 Å². The monoisotopic (exact) mass is 477 g/mol. The van der Waals surface area contributed by atoms with Gasteiger partial charge in [0, 0.05) is 36.7 Å². The molecule has 0 bridgehead atoms. The number of nitrogens with zero attached hydrogens (tertiary/aromatic N) is 1. The Balaban J connectivity index is 0.00000225. The van der Waals surface area contributed by atoms with Crippen LogP contribution < -0.4 is 10.6 Å². The van der Waals surface area contributed by atoms with Crippen molar-refractivity contribution in [3.05, 3.63) is 34.9 Å². The number of hydrogen-bond acceptors (Lipinski definition) is 2. The molecule has 1 saturated heterocycles. The van der Waals surface area contributed by atoms with E-state index in [0.717, 1.165) is 62.6 Å². The minimum Gasteiger partial charge on any atom is -0.381 e. The predicted molar refractivity (Wildman–Crippen MR) is 115 cm³/mol. The topological polar surface area (TPSA) is 45.7 Å². The Morgan fingerprint density at radius 3 is 2.60 bits per heavy atom. The van der Waals surface area contributed by atoms with Crippen LogP contribution in [-0.4, -0.2) is 38.8 Å². The fraction of sp³-hybridized carbons (Fsp3) is 0.632. The zero-order chi connectivity index (χ0) is 16.8. The highest BCUT2D eigenvalue weighted by atomic mass is 127. The molecule has 0 atom stereocenters. The maximum Gasteiger partial charge on any atom is 0.191 e. The van der Waals surface area contributed by atoms with Crippen molar-refractivity contribution >= 4 is 41.5 Å². The maximum absolute atomic E-state index is 6.51. The molecule has 1 aliphatic carbocycles. The van der Waals surface area contributed by atoms with E-state index >= 15 is 0 Å². The fourth-order valence-corrected chi connectivity index (χ4v) is 3.64. The van der Waals surface area contributed by atoms with Gasteiger partial charge in [0.1, 0.15) is 0 Å². The molecule has 140 valence electrons. The van der Waals surface area contributed by atoms with Gasteiger partial charge in [-0.25, -0.2) is 0 Å². The number of ether oxygens (including phenoxy) is 1. The van der Waals surface area contributed by atoms with E-state index in [-0.39, 0.29) is 29.4 Å². The minimum absolute atomic E-state index is 0. The summed E-state index contributed by atoms with van der Waals surface area (Å²) in [5.41, 5.74) is 1.18. The third kappa shape index (κ3) is 5.73. The van der Waals surface area contributed by atoms with Gasteiger partial charge in [-0.1, -0.05) is 29.8 Å². The van der Waals surface area contributed by atoms with Gasteiger partial charge in [-0.3, -0.25) is 4.99 Å². The van der Waals surface area contributed by atoms with Gasteiger partial charge < -0.3 is 15.4 Å². The highest BCUT2D eigenvalue weighted by Gasteiger charge is 2.36. The summed E-state index contributed by atoms with van der Waals surface area (Å²) in [5.74, 6) is 1.75. The second kappa shape index (κ2) is 9.97. The van der Waals surface area contributed by atoms with E-state index < -0.39 is 0 Å². The molecule has 2 aliphatic rings. The third-order valence-corrected chi connectivity index (χ3v) is 5.36. The molecule has 2 fully saturated rings. The molecule has 1 saturated carbocycles. The van der Waals surface area contributed by atoms with E-state index in [0.29, 0.717) is 0 Å². The van der Waals surface area contributed by atoms with E-state index in [1.54, 1.807) is 0 Å². The average molecular weight is 478 g/mol. The Kier molecular flexibility index (Phi) is 8.29. The van der Waals surface area contributed by atoms with Gasteiger partial charge in [-0.2, -0.15) is 0 Å². The molecular formula is C19H29ClIN3O. The van der Waals surface area contributed by atoms with Crippen LogP contribution in [0.25, 0.3) is 0 Å². The van der Waals surface area contributed by atoms with Crippen molar-refractivity contribution in [2.24, 2.45) is 10.9 Å². The molecule has 0 aromatic heterocycles. The van der Waals surface area contributed by atoms with Crippen LogP contribution in [-0.2, 0) is 10.2 Å². The lowest BCUT2D eigenvalue weighted by molar-refractivity contribution is 0.0531. The molecule has 0 unspecified atom stereocenters. The van der Waals surface area contributed by atoms with Crippen molar-refractivity contribution < 1.29 is 4.74 Å². The molecule has 1 aromatic carbocycles. The quantitative estimate of drug-likeness (QED) is 0.370. The number of guanidine groups is 1. The molecule has 0 spiro atoms. The number of aliphatic imine (C=N–C) groups is 1. The van der Waals surface area contributed by atoms with Crippen molar-refractivity contribution in [2.75, 3.05) is 32.8 Å². The number of hydrogen-bond donors (Lipinski definition) is 2. The van der Waals surface area contributed by atoms with Gasteiger partial charge in [0.25, 0.3) is 0 Å². The van der Waals surface area contributed by atoms with Crippen LogP contribution >= 0.6 is 35.6 Å². The summed E-state index contributed by atoms with van der Waals surface area (Å²) < 4.78 is 5.60. The summed E-state index contributed by atoms with van der Waals surface area (Å²) in [6.07, 6.45) is 4.60. The lowest BCUT2D eigenvalue weighted by Gasteiger charge is -2.37. The van der Waals surface area contributed by atoms with Crippen LogP contribution in [0, 0.1) is 5.92 Å². The van der Waals surface area contributed by atoms with E-state index in [9.17, 15) is 0 Å². The van der Waals surface area contributed by atoms with Gasteiger partial charge in [0.2, 0.25) is 0 Å². The molecule has 6 heteroatoms. The standard InChI is InChI=1S/C19H28ClN3O.HI/c1-2-21-18(22-13-15-7-8-15)23-14-19(9-11-24-12-10-19)16-5-3-4-6-17(16)20;/h3-6,15H,2,7-14H2,1H3,(H2,21,22,23);1H. The Morgan fingerprint density at radius 2 is 1.96 bits per heavy atom. The first-order valence-electron chi connectivity index (χ1n) is 9.08. The first-order chi connectivity index (χ1) is 11.7. The van der Waals surface area contributed by atoms with Crippen LogP contribution in [0.2, 0.25) is 5.02 Å². The highest BCUT2D eigenvalue weighted by Crippen LogP contribution is 2.38. The van der Waals surface area contributed by atoms with E-state index in [2.05, 4.69) is 29.7 Å². The third-order valence-electron chi connectivity index (χ3n) is 5.03. The predicted octanol–water partition coefficient (Wildman–Crippen LogP) is 3.97. The number of rotatable bonds is 6. The van der Waals surface area contributed by atoms with Crippen LogP contribution in [0.5, 0.6) is 0 Å². The first kappa shape index (κ1) is 20.8. The van der Waals surface area contributed by atoms with Gasteiger partial charge in [-0.05, 0) is 50.2 Å². The van der Waals surface area contributed by atoms with Crippen molar-refractivity contribution in [3.63, 3.8) is 0 Å². The summed E-state index contributed by atoms with van der Waals surface area (Å²) in [4.78, 5) is 4.91. The summed E-state index contributed by atoms with van der Waals surface area (Å²) >= 11 is 6.51. The number of halogens is 2. The van der Waals surface area contributed by atoms with Gasteiger partial charge in [-0.15, -0.1) is 24.0 Å². The molecule has 3 rings (SSSR count). The number of nitrogens with one attached hydrogen (secondary N) is 2. The van der Waals surface area contributed by atoms with Gasteiger partial charge >= 0.3 is 0 Å². The highest BCUT2D eigenvalue weighted by molar-refractivity contribution is 14.0. The van der Waals surface area contributed by atoms with Crippen molar-refractivity contribution in [1.82, 2.24) is 10.6 Å². The largest absolute Gasteiger partial charge is 0.381 e. The summed E-state index contributed by atoms with van der Waals surface area (Å²) in [6.45, 7) is 6.28. The Morgan fingerprint density at radius 1 is 1.24 bits per heavy atom. The minimum atomic E-state index is -0.0292. The molecule has 4 nitrogen and oxygen atoms in total. The van der Waals surface area contributed by atoms with E-state index in [1.165, 1.54) is 18.4 Å². The molecule has 1 heterocycles. The molecule has 1 aliphatic heterocycles. The Labute approximate surface area is 173 Å². The Bertz CT molecular complexity index is 572. The summed E-state index contributed by atoms with van der Waals surface area (Å²) in [5, 5.41) is 7.68. The van der Waals surface area contributed by atoms with Crippen LogP contribution in [0.3, 0.4) is 0 Å². The smallest absolute Gasteiger partial charge is 0.191 e. The summed E-state index contributed by atoms with van der Waals surface area (Å²) in [7, 11) is 0. The van der Waals surface area contributed by atoms with E-state index in [4.69, 9.17) is 21.3 Å². The summed E-state index contributed by atoms with van der Waals surface area (Å²) in [6, 6.07) is 8.18. The van der Waals surface area contributed by atoms with Crippen LogP contribution in [0.1, 0.15) is 38.2 Å². The maximum atomic E-state index is 6.51. The fourth-order valence-electron chi connectivity index (χ4n) is 3.30. The first-order valence-corrected chi connectivity index (χ1v) is 9.46. The SMILES string of the molecule is CCNC(=NCC1(c2ccccc2Cl)CCOCC1)NCC1CC1.I. The lowest BCUT2D eigenvalue weighted by Crippen LogP contribution is -2.42. The van der Waals surface area contributed by atoms with Gasteiger partial charge in [0.05, 0.1) is 6.54 Å². The lowest BCUT2D eigenvalue weighted by atomic mass is 9.74. The van der Waals surface area contributed by atoms with Crippen LogP contribution in [0.15, 0.2) is 29.3 Å². The second-order valence-corrected chi connectivity index (χ2v) is 7.30. The van der Waals surface area contributed by atoms with Crippen molar-refractivity contribution in [2.45, 2.75) is 38.0 Å². The molecule has 1 aromatic rings. The molecule has 0 amide bonds. The second-order valence-electron chi connectivity index (χ2n) is 6.89. The van der Waals surface area contributed by atoms with Gasteiger partial charge in [0.15, 0.2) is 5.96 Å². The zero-order valence-corrected chi connectivity index (χ0v) is 18.0. The normalized spacial score (nSPS) is 19.8. The van der Waals surface area contributed by atoms with Crippen molar-refractivity contribution in [1.29, 1.82) is 0 Å².